The Morgan fingerprint density at radius 3 is 2.65 bits per heavy atom. The number of halogens is 2. The lowest BCUT2D eigenvalue weighted by Gasteiger charge is -2.09. The minimum atomic E-state index is -3.15. The Bertz CT molecular complexity index is 482. The van der Waals surface area contributed by atoms with Crippen molar-refractivity contribution < 1.29 is 28.2 Å². The molecule has 0 unspecified atom stereocenters. The van der Waals surface area contributed by atoms with Crippen LogP contribution in [0, 0.1) is 11.3 Å². The molecule has 1 N–H and O–H groups in total. The highest BCUT2D eigenvalue weighted by Gasteiger charge is 2.18. The first-order chi connectivity index (χ1) is 7.99. The van der Waals surface area contributed by atoms with Crippen molar-refractivity contribution in [3.63, 3.8) is 0 Å². The van der Waals surface area contributed by atoms with Crippen LogP contribution in [0.5, 0.6) is 11.5 Å². The summed E-state index contributed by atoms with van der Waals surface area (Å²) in [4.78, 5) is 11.2. The molecule has 7 heteroatoms. The van der Waals surface area contributed by atoms with E-state index in [4.69, 9.17) is 5.26 Å². The summed E-state index contributed by atoms with van der Waals surface area (Å²) < 4.78 is 32.3. The second-order valence-corrected chi connectivity index (χ2v) is 2.85. The van der Waals surface area contributed by atoms with E-state index in [1.165, 1.54) is 0 Å². The molecule has 5 nitrogen and oxygen atoms in total. The van der Waals surface area contributed by atoms with Crippen LogP contribution < -0.4 is 4.74 Å². The molecule has 1 rings (SSSR count). The third-order valence-corrected chi connectivity index (χ3v) is 1.84. The first-order valence-corrected chi connectivity index (χ1v) is 4.29. The van der Waals surface area contributed by atoms with E-state index in [1.54, 1.807) is 6.07 Å². The van der Waals surface area contributed by atoms with Gasteiger partial charge in [-0.25, -0.2) is 4.79 Å². The molecule has 17 heavy (non-hydrogen) atoms. The summed E-state index contributed by atoms with van der Waals surface area (Å²) in [5.74, 6) is -2.14. The van der Waals surface area contributed by atoms with Crippen LogP contribution in [0.1, 0.15) is 15.9 Å². The van der Waals surface area contributed by atoms with Crippen LogP contribution in [0.2, 0.25) is 0 Å². The largest absolute Gasteiger partial charge is 0.504 e. The predicted molar refractivity (Wildman–Crippen MR) is 50.8 cm³/mol. The first kappa shape index (κ1) is 12.7. The number of benzene rings is 1. The Hall–Kier alpha value is -2.36. The molecule has 0 heterocycles. The maximum Gasteiger partial charge on any atom is 0.387 e. The van der Waals surface area contributed by atoms with Crippen LogP contribution in [0.15, 0.2) is 12.1 Å². The summed E-state index contributed by atoms with van der Waals surface area (Å²) in [7, 11) is 1.07. The van der Waals surface area contributed by atoms with Crippen molar-refractivity contribution in [3.8, 4) is 17.6 Å². The number of ether oxygens (including phenoxy) is 2. The van der Waals surface area contributed by atoms with Crippen molar-refractivity contribution in [1.82, 2.24) is 0 Å². The molecule has 0 saturated carbocycles. The average molecular weight is 243 g/mol. The van der Waals surface area contributed by atoms with Crippen molar-refractivity contribution >= 4 is 5.97 Å². The van der Waals surface area contributed by atoms with Crippen LogP contribution in [0.3, 0.4) is 0 Å². The molecule has 0 spiro atoms. The van der Waals surface area contributed by atoms with E-state index in [1.807, 2.05) is 0 Å². The van der Waals surface area contributed by atoms with Crippen LogP contribution in [-0.2, 0) is 4.74 Å². The highest BCUT2D eigenvalue weighted by atomic mass is 19.3. The van der Waals surface area contributed by atoms with Gasteiger partial charge in [-0.3, -0.25) is 0 Å². The Labute approximate surface area is 94.8 Å². The van der Waals surface area contributed by atoms with E-state index >= 15 is 0 Å². The number of carbonyl (C=O) groups excluding carboxylic acids is 1. The van der Waals surface area contributed by atoms with Gasteiger partial charge in [-0.15, -0.1) is 0 Å². The van der Waals surface area contributed by atoms with Gasteiger partial charge in [0.2, 0.25) is 0 Å². The number of hydrogen-bond acceptors (Lipinski definition) is 5. The lowest BCUT2D eigenvalue weighted by molar-refractivity contribution is -0.0513. The standard InChI is InChI=1S/C10H7F2NO4/c1-16-9(15)6-3-8(17-10(11)12)7(14)2-5(6)4-13/h2-3,10,14H,1H3. The van der Waals surface area contributed by atoms with Crippen molar-refractivity contribution in [2.24, 2.45) is 0 Å². The topological polar surface area (TPSA) is 79.6 Å². The number of nitrogens with zero attached hydrogens (tertiary/aromatic N) is 1. The van der Waals surface area contributed by atoms with E-state index in [-0.39, 0.29) is 11.1 Å². The van der Waals surface area contributed by atoms with Gasteiger partial charge in [0.25, 0.3) is 0 Å². The summed E-state index contributed by atoms with van der Waals surface area (Å²) in [5.41, 5.74) is -0.459. The van der Waals surface area contributed by atoms with Gasteiger partial charge in [0.05, 0.1) is 18.2 Å². The number of hydrogen-bond donors (Lipinski definition) is 1. The molecular weight excluding hydrogens is 236 g/mol. The lowest BCUT2D eigenvalue weighted by Crippen LogP contribution is -2.07. The maximum atomic E-state index is 12.0. The molecule has 0 aliphatic rings. The van der Waals surface area contributed by atoms with Gasteiger partial charge in [-0.05, 0) is 0 Å². The molecule has 0 aromatic heterocycles. The van der Waals surface area contributed by atoms with Gasteiger partial charge >= 0.3 is 12.6 Å². The quantitative estimate of drug-likeness (QED) is 0.816. The zero-order valence-electron chi connectivity index (χ0n) is 8.61. The average Bonchev–Trinajstić information content (AvgIpc) is 2.29. The molecule has 1 aromatic rings. The van der Waals surface area contributed by atoms with Gasteiger partial charge in [-0.1, -0.05) is 0 Å². The second-order valence-electron chi connectivity index (χ2n) is 2.85. The summed E-state index contributed by atoms with van der Waals surface area (Å²) in [6, 6.07) is 3.30. The van der Waals surface area contributed by atoms with Gasteiger partial charge in [0, 0.05) is 12.1 Å². The van der Waals surface area contributed by atoms with Crippen LogP contribution in [0.25, 0.3) is 0 Å². The number of methoxy groups -OCH3 is 1. The molecule has 0 fully saturated rings. The lowest BCUT2D eigenvalue weighted by atomic mass is 10.1. The van der Waals surface area contributed by atoms with Gasteiger partial charge in [0.15, 0.2) is 11.5 Å². The number of alkyl halides is 2. The van der Waals surface area contributed by atoms with Crippen molar-refractivity contribution in [3.05, 3.63) is 23.3 Å². The minimum absolute atomic E-state index is 0.198. The number of esters is 1. The van der Waals surface area contributed by atoms with Gasteiger partial charge in [-0.2, -0.15) is 14.0 Å². The number of nitriles is 1. The zero-order chi connectivity index (χ0) is 13.0. The molecule has 0 amide bonds. The summed E-state index contributed by atoms with van der Waals surface area (Å²) in [6.07, 6.45) is 0. The summed E-state index contributed by atoms with van der Waals surface area (Å²) in [5, 5.41) is 18.0. The number of aromatic hydroxyl groups is 1. The smallest absolute Gasteiger partial charge is 0.387 e. The third kappa shape index (κ3) is 2.81. The Morgan fingerprint density at radius 2 is 2.18 bits per heavy atom. The molecule has 90 valence electrons. The van der Waals surface area contributed by atoms with Crippen molar-refractivity contribution in [1.29, 1.82) is 5.26 Å². The van der Waals surface area contributed by atoms with Crippen LogP contribution in [0.4, 0.5) is 8.78 Å². The van der Waals surface area contributed by atoms with E-state index < -0.39 is 24.1 Å². The Morgan fingerprint density at radius 1 is 1.53 bits per heavy atom. The van der Waals surface area contributed by atoms with Gasteiger partial charge in [0.1, 0.15) is 6.07 Å². The Balaban J connectivity index is 3.28. The van der Waals surface area contributed by atoms with E-state index in [9.17, 15) is 18.7 Å². The number of phenols is 1. The predicted octanol–water partition coefficient (Wildman–Crippen LogP) is 1.65. The van der Waals surface area contributed by atoms with Crippen LogP contribution in [-0.4, -0.2) is 24.8 Å². The highest BCUT2D eigenvalue weighted by molar-refractivity contribution is 5.93. The van der Waals surface area contributed by atoms with Crippen LogP contribution >= 0.6 is 0 Å². The maximum absolute atomic E-state index is 12.0. The normalized spacial score (nSPS) is 9.82. The molecule has 1 aromatic carbocycles. The fourth-order valence-electron chi connectivity index (χ4n) is 1.13. The van der Waals surface area contributed by atoms with Crippen molar-refractivity contribution in [2.75, 3.05) is 7.11 Å². The summed E-state index contributed by atoms with van der Waals surface area (Å²) >= 11 is 0. The molecule has 0 aliphatic carbocycles. The molecule has 0 bridgehead atoms. The van der Waals surface area contributed by atoms with Gasteiger partial charge < -0.3 is 14.6 Å². The summed E-state index contributed by atoms with van der Waals surface area (Å²) in [6.45, 7) is -3.15. The molecule has 0 radical (unpaired) electrons. The van der Waals surface area contributed by atoms with E-state index in [0.29, 0.717) is 0 Å². The Kier molecular flexibility index (Phi) is 3.82. The van der Waals surface area contributed by atoms with Crippen molar-refractivity contribution in [2.45, 2.75) is 6.61 Å². The van der Waals surface area contributed by atoms with E-state index in [0.717, 1.165) is 19.2 Å². The molecule has 0 saturated heterocycles. The second kappa shape index (κ2) is 5.12. The fourth-order valence-corrected chi connectivity index (χ4v) is 1.13. The third-order valence-electron chi connectivity index (χ3n) is 1.84. The molecule has 0 atom stereocenters. The zero-order valence-corrected chi connectivity index (χ0v) is 8.61. The molecule has 0 aliphatic heterocycles. The highest BCUT2D eigenvalue weighted by Crippen LogP contribution is 2.31. The minimum Gasteiger partial charge on any atom is -0.504 e. The van der Waals surface area contributed by atoms with E-state index in [2.05, 4.69) is 9.47 Å². The SMILES string of the molecule is COC(=O)c1cc(OC(F)F)c(O)cc1C#N. The number of phenolic OH excluding ortho intramolecular Hbond substituents is 1. The first-order valence-electron chi connectivity index (χ1n) is 4.29. The number of rotatable bonds is 3. The number of carbonyl (C=O) groups is 1. The fraction of sp³-hybridized carbons (Fsp3) is 0.200. The monoisotopic (exact) mass is 243 g/mol. The molecular formula is C10H7F2NO4.